The molecule has 1 atom stereocenters. The lowest BCUT2D eigenvalue weighted by Gasteiger charge is -2.05. The topological polar surface area (TPSA) is 55.1 Å². The second kappa shape index (κ2) is 4.65. The van der Waals surface area contributed by atoms with Gasteiger partial charge in [0.25, 0.3) is 0 Å². The van der Waals surface area contributed by atoms with Crippen LogP contribution in [0, 0.1) is 13.8 Å². The van der Waals surface area contributed by atoms with Gasteiger partial charge in [-0.25, -0.2) is 4.98 Å². The molecule has 96 valence electrons. The van der Waals surface area contributed by atoms with Gasteiger partial charge in [-0.3, -0.25) is 4.79 Å². The third kappa shape index (κ3) is 2.22. The minimum atomic E-state index is -0.820. The molecule has 0 spiro atoms. The minimum Gasteiger partial charge on any atom is -0.480 e. The van der Waals surface area contributed by atoms with Gasteiger partial charge in [-0.15, -0.1) is 0 Å². The first-order chi connectivity index (χ1) is 8.40. The summed E-state index contributed by atoms with van der Waals surface area (Å²) in [6.45, 7) is 5.79. The fourth-order valence-electron chi connectivity index (χ4n) is 1.74. The van der Waals surface area contributed by atoms with Crippen molar-refractivity contribution in [1.82, 2.24) is 9.55 Å². The van der Waals surface area contributed by atoms with E-state index in [-0.39, 0.29) is 0 Å². The third-order valence-corrected chi connectivity index (χ3v) is 4.22. The highest BCUT2D eigenvalue weighted by atomic mass is 32.2. The molecule has 1 heterocycles. The zero-order chi connectivity index (χ0) is 13.4. The first-order valence-corrected chi connectivity index (χ1v) is 6.61. The predicted molar refractivity (Wildman–Crippen MR) is 73.1 cm³/mol. The number of imidazole rings is 1. The number of rotatable bonds is 3. The van der Waals surface area contributed by atoms with Crippen molar-refractivity contribution in [3.05, 3.63) is 23.3 Å². The number of carboxylic acids is 1. The molecule has 5 heteroatoms. The Balaban J connectivity index is 2.47. The molecule has 18 heavy (non-hydrogen) atoms. The van der Waals surface area contributed by atoms with Crippen molar-refractivity contribution in [3.8, 4) is 0 Å². The zero-order valence-corrected chi connectivity index (χ0v) is 11.7. The van der Waals surface area contributed by atoms with Gasteiger partial charge < -0.3 is 9.67 Å². The molecule has 1 N–H and O–H groups in total. The zero-order valence-electron chi connectivity index (χ0n) is 10.9. The number of aryl methyl sites for hydroxylation is 3. The highest BCUT2D eigenvalue weighted by molar-refractivity contribution is 8.00. The van der Waals surface area contributed by atoms with Gasteiger partial charge in [-0.1, -0.05) is 11.8 Å². The molecule has 0 saturated heterocycles. The average molecular weight is 264 g/mol. The van der Waals surface area contributed by atoms with Crippen molar-refractivity contribution in [1.29, 1.82) is 0 Å². The van der Waals surface area contributed by atoms with E-state index in [0.717, 1.165) is 16.2 Å². The summed E-state index contributed by atoms with van der Waals surface area (Å²) in [6, 6.07) is 4.13. The maximum Gasteiger partial charge on any atom is 0.316 e. The summed E-state index contributed by atoms with van der Waals surface area (Å²) in [4.78, 5) is 15.4. The first kappa shape index (κ1) is 13.0. The Labute approximate surface area is 110 Å². The molecule has 4 nitrogen and oxygen atoms in total. The molecule has 0 aliphatic heterocycles. The molecule has 0 saturated carbocycles. The van der Waals surface area contributed by atoms with Crippen molar-refractivity contribution >= 4 is 28.8 Å². The fraction of sp³-hybridized carbons (Fsp3) is 0.385. The summed E-state index contributed by atoms with van der Waals surface area (Å²) in [6.07, 6.45) is 0. The fourth-order valence-corrected chi connectivity index (χ4v) is 2.56. The molecule has 0 amide bonds. The van der Waals surface area contributed by atoms with E-state index in [4.69, 9.17) is 5.11 Å². The average Bonchev–Trinajstić information content (AvgIpc) is 2.57. The Morgan fingerprint density at radius 3 is 2.61 bits per heavy atom. The van der Waals surface area contributed by atoms with Gasteiger partial charge in [-0.05, 0) is 44.0 Å². The van der Waals surface area contributed by atoms with E-state index < -0.39 is 11.2 Å². The number of benzene rings is 1. The number of carbonyl (C=O) groups is 1. The lowest BCUT2D eigenvalue weighted by molar-refractivity contribution is -0.136. The van der Waals surface area contributed by atoms with Crippen molar-refractivity contribution in [2.75, 3.05) is 0 Å². The lowest BCUT2D eigenvalue weighted by atomic mass is 10.1. The highest BCUT2D eigenvalue weighted by Gasteiger charge is 2.17. The number of nitrogens with zero attached hydrogens (tertiary/aromatic N) is 2. The van der Waals surface area contributed by atoms with Crippen LogP contribution in [0.3, 0.4) is 0 Å². The Morgan fingerprint density at radius 1 is 1.39 bits per heavy atom. The Hall–Kier alpha value is -1.49. The molecule has 0 aliphatic carbocycles. The van der Waals surface area contributed by atoms with Crippen LogP contribution in [0.4, 0.5) is 0 Å². The number of hydrogen-bond acceptors (Lipinski definition) is 3. The Kier molecular flexibility index (Phi) is 3.34. The van der Waals surface area contributed by atoms with Gasteiger partial charge >= 0.3 is 5.97 Å². The van der Waals surface area contributed by atoms with Crippen molar-refractivity contribution in [2.24, 2.45) is 7.05 Å². The molecular formula is C13H16N2O2S. The molecule has 2 rings (SSSR count). The number of aromatic nitrogens is 2. The van der Waals surface area contributed by atoms with Crippen LogP contribution in [-0.4, -0.2) is 25.9 Å². The van der Waals surface area contributed by atoms with E-state index in [1.54, 1.807) is 6.92 Å². The van der Waals surface area contributed by atoms with E-state index in [0.29, 0.717) is 0 Å². The summed E-state index contributed by atoms with van der Waals surface area (Å²) < 4.78 is 1.95. The normalized spacial score (nSPS) is 12.9. The van der Waals surface area contributed by atoms with E-state index >= 15 is 0 Å². The summed E-state index contributed by atoms with van der Waals surface area (Å²) >= 11 is 1.27. The SMILES string of the molecule is Cc1cc2nc(SC(C)C(=O)O)n(C)c2cc1C. The quantitative estimate of drug-likeness (QED) is 0.866. The molecule has 1 unspecified atom stereocenters. The minimum absolute atomic E-state index is 0.497. The van der Waals surface area contributed by atoms with Crippen molar-refractivity contribution in [3.63, 3.8) is 0 Å². The predicted octanol–water partition coefficient (Wildman–Crippen LogP) is 2.76. The van der Waals surface area contributed by atoms with Crippen LogP contribution in [0.25, 0.3) is 11.0 Å². The number of hydrogen-bond donors (Lipinski definition) is 1. The van der Waals surface area contributed by atoms with E-state index in [2.05, 4.69) is 24.9 Å². The van der Waals surface area contributed by atoms with Crippen LogP contribution >= 0.6 is 11.8 Å². The Morgan fingerprint density at radius 2 is 2.00 bits per heavy atom. The molecule has 2 aromatic rings. The number of fused-ring (bicyclic) bond motifs is 1. The van der Waals surface area contributed by atoms with Gasteiger partial charge in [0.1, 0.15) is 5.25 Å². The van der Waals surface area contributed by atoms with Crippen molar-refractivity contribution < 1.29 is 9.90 Å². The van der Waals surface area contributed by atoms with Crippen LogP contribution in [0.1, 0.15) is 18.1 Å². The Bertz CT molecular complexity index is 619. The van der Waals surface area contributed by atoms with E-state index in [1.165, 1.54) is 22.9 Å². The molecule has 0 bridgehead atoms. The smallest absolute Gasteiger partial charge is 0.316 e. The maximum absolute atomic E-state index is 10.9. The van der Waals surface area contributed by atoms with E-state index in [1.807, 2.05) is 17.7 Å². The number of carboxylic acid groups (broad SMARTS) is 1. The summed E-state index contributed by atoms with van der Waals surface area (Å²) in [5.41, 5.74) is 4.37. The summed E-state index contributed by atoms with van der Waals surface area (Å²) in [5, 5.41) is 9.18. The maximum atomic E-state index is 10.9. The van der Waals surface area contributed by atoms with Crippen LogP contribution < -0.4 is 0 Å². The largest absolute Gasteiger partial charge is 0.480 e. The van der Waals surface area contributed by atoms with Gasteiger partial charge in [0.2, 0.25) is 0 Å². The summed E-state index contributed by atoms with van der Waals surface area (Å²) in [5.74, 6) is -0.820. The molecule has 1 aromatic carbocycles. The standard InChI is InChI=1S/C13H16N2O2S/c1-7-5-10-11(6-8(7)2)15(4)13(14-10)18-9(3)12(16)17/h5-6,9H,1-4H3,(H,16,17). The second-order valence-corrected chi connectivity index (χ2v) is 5.78. The van der Waals surface area contributed by atoms with Crippen LogP contribution in [0.2, 0.25) is 0 Å². The van der Waals surface area contributed by atoms with Crippen LogP contribution in [0.15, 0.2) is 17.3 Å². The summed E-state index contributed by atoms with van der Waals surface area (Å²) in [7, 11) is 1.92. The van der Waals surface area contributed by atoms with Crippen LogP contribution in [0.5, 0.6) is 0 Å². The number of thioether (sulfide) groups is 1. The molecule has 1 aromatic heterocycles. The van der Waals surface area contributed by atoms with Gasteiger partial charge in [0.05, 0.1) is 11.0 Å². The van der Waals surface area contributed by atoms with Gasteiger partial charge in [-0.2, -0.15) is 0 Å². The molecular weight excluding hydrogens is 248 g/mol. The first-order valence-electron chi connectivity index (χ1n) is 5.73. The van der Waals surface area contributed by atoms with Gasteiger partial charge in [0, 0.05) is 7.05 Å². The molecule has 0 radical (unpaired) electrons. The van der Waals surface area contributed by atoms with Gasteiger partial charge in [0.15, 0.2) is 5.16 Å². The molecule has 0 aliphatic rings. The van der Waals surface area contributed by atoms with E-state index in [9.17, 15) is 4.79 Å². The molecule has 0 fully saturated rings. The van der Waals surface area contributed by atoms with Crippen molar-refractivity contribution in [2.45, 2.75) is 31.2 Å². The lowest BCUT2D eigenvalue weighted by Crippen LogP contribution is -2.12. The monoisotopic (exact) mass is 264 g/mol. The highest BCUT2D eigenvalue weighted by Crippen LogP contribution is 2.27. The number of aliphatic carboxylic acids is 1. The van der Waals surface area contributed by atoms with Crippen LogP contribution in [-0.2, 0) is 11.8 Å². The third-order valence-electron chi connectivity index (χ3n) is 3.09. The second-order valence-electron chi connectivity index (χ2n) is 4.48.